The Morgan fingerprint density at radius 3 is 2.57 bits per heavy atom. The van der Waals surface area contributed by atoms with E-state index >= 15 is 0 Å². The minimum atomic E-state index is 1.03. The molecule has 0 bridgehead atoms. The Morgan fingerprint density at radius 2 is 1.70 bits per heavy atom. The molecule has 0 aliphatic rings. The third-order valence-corrected chi connectivity index (χ3v) is 5.12. The second-order valence-corrected chi connectivity index (χ2v) is 6.90. The first-order chi connectivity index (χ1) is 11.4. The van der Waals surface area contributed by atoms with Gasteiger partial charge in [0.15, 0.2) is 0 Å². The summed E-state index contributed by atoms with van der Waals surface area (Å²) >= 11 is 1.76. The van der Waals surface area contributed by atoms with Crippen LogP contribution in [0, 0.1) is 0 Å². The van der Waals surface area contributed by atoms with Crippen LogP contribution in [0.2, 0.25) is 0 Å². The van der Waals surface area contributed by atoms with Crippen molar-refractivity contribution in [2.24, 2.45) is 0 Å². The van der Waals surface area contributed by atoms with Crippen LogP contribution in [-0.4, -0.2) is 11.5 Å². The Labute approximate surface area is 142 Å². The van der Waals surface area contributed by atoms with Crippen molar-refractivity contribution < 1.29 is 0 Å². The van der Waals surface area contributed by atoms with Crippen molar-refractivity contribution in [3.8, 4) is 10.6 Å². The Bertz CT molecular complexity index is 715. The van der Waals surface area contributed by atoms with Gasteiger partial charge in [0.05, 0.1) is 10.2 Å². The van der Waals surface area contributed by atoms with Crippen LogP contribution in [0.25, 0.3) is 20.8 Å². The molecule has 0 amide bonds. The number of fused-ring (bicyclic) bond motifs is 1. The van der Waals surface area contributed by atoms with E-state index in [0.29, 0.717) is 0 Å². The molecule has 0 saturated carbocycles. The van der Waals surface area contributed by atoms with Crippen LogP contribution >= 0.6 is 11.3 Å². The molecule has 0 aliphatic heterocycles. The number of para-hydroxylation sites is 2. The molecule has 0 saturated heterocycles. The fraction of sp³-hybridized carbons (Fsp3) is 0.350. The molecule has 1 aromatic heterocycles. The number of aromatic nitrogens is 1. The number of hydrogen-bond donors (Lipinski definition) is 1. The third kappa shape index (κ3) is 4.11. The van der Waals surface area contributed by atoms with Crippen LogP contribution in [-0.2, 0) is 0 Å². The normalized spacial score (nSPS) is 11.0. The van der Waals surface area contributed by atoms with E-state index in [-0.39, 0.29) is 0 Å². The van der Waals surface area contributed by atoms with Crippen LogP contribution in [0.15, 0.2) is 48.5 Å². The second-order valence-electron chi connectivity index (χ2n) is 5.87. The van der Waals surface area contributed by atoms with E-state index in [4.69, 9.17) is 4.98 Å². The topological polar surface area (TPSA) is 24.9 Å². The predicted octanol–water partition coefficient (Wildman–Crippen LogP) is 6.35. The van der Waals surface area contributed by atoms with Gasteiger partial charge in [-0.15, -0.1) is 11.3 Å². The number of anilines is 1. The molecule has 3 aromatic rings. The van der Waals surface area contributed by atoms with Gasteiger partial charge in [-0.25, -0.2) is 4.98 Å². The van der Waals surface area contributed by atoms with Gasteiger partial charge in [0, 0.05) is 17.8 Å². The van der Waals surface area contributed by atoms with Crippen LogP contribution in [0.1, 0.15) is 39.0 Å². The Hall–Kier alpha value is -1.87. The molecule has 0 aliphatic carbocycles. The van der Waals surface area contributed by atoms with E-state index in [0.717, 1.165) is 17.1 Å². The molecule has 1 N–H and O–H groups in total. The van der Waals surface area contributed by atoms with Crippen molar-refractivity contribution in [1.82, 2.24) is 4.98 Å². The second kappa shape index (κ2) is 8.11. The maximum absolute atomic E-state index is 4.79. The van der Waals surface area contributed by atoms with Crippen LogP contribution < -0.4 is 5.32 Å². The first-order valence-corrected chi connectivity index (χ1v) is 9.39. The van der Waals surface area contributed by atoms with Gasteiger partial charge in [-0.05, 0) is 30.7 Å². The summed E-state index contributed by atoms with van der Waals surface area (Å²) in [6, 6.07) is 16.9. The minimum Gasteiger partial charge on any atom is -0.384 e. The van der Waals surface area contributed by atoms with Gasteiger partial charge in [-0.2, -0.15) is 0 Å². The molecule has 2 nitrogen and oxygen atoms in total. The molecule has 2 aromatic carbocycles. The van der Waals surface area contributed by atoms with Gasteiger partial charge in [0.2, 0.25) is 0 Å². The number of thiazole rings is 1. The van der Waals surface area contributed by atoms with E-state index in [9.17, 15) is 0 Å². The Balaban J connectivity index is 1.70. The molecule has 3 rings (SSSR count). The van der Waals surface area contributed by atoms with Crippen molar-refractivity contribution >= 4 is 27.2 Å². The first-order valence-electron chi connectivity index (χ1n) is 8.57. The summed E-state index contributed by atoms with van der Waals surface area (Å²) in [6.45, 7) is 3.29. The smallest absolute Gasteiger partial charge is 0.126 e. The molecule has 23 heavy (non-hydrogen) atoms. The SMILES string of the molecule is CCCCCCCNc1ccccc1-c1nc2ccccc2s1. The highest BCUT2D eigenvalue weighted by Crippen LogP contribution is 2.34. The number of benzene rings is 2. The minimum absolute atomic E-state index is 1.03. The summed E-state index contributed by atoms with van der Waals surface area (Å²) in [7, 11) is 0. The monoisotopic (exact) mass is 324 g/mol. The van der Waals surface area contributed by atoms with Gasteiger partial charge in [0.25, 0.3) is 0 Å². The van der Waals surface area contributed by atoms with Gasteiger partial charge >= 0.3 is 0 Å². The Morgan fingerprint density at radius 1 is 0.913 bits per heavy atom. The largest absolute Gasteiger partial charge is 0.384 e. The summed E-state index contributed by atoms with van der Waals surface area (Å²) in [5, 5.41) is 4.70. The average molecular weight is 324 g/mol. The number of nitrogens with zero attached hydrogens (tertiary/aromatic N) is 1. The summed E-state index contributed by atoms with van der Waals surface area (Å²) in [5.74, 6) is 0. The Kier molecular flexibility index (Phi) is 5.65. The molecule has 0 radical (unpaired) electrons. The van der Waals surface area contributed by atoms with Crippen molar-refractivity contribution in [3.63, 3.8) is 0 Å². The lowest BCUT2D eigenvalue weighted by Gasteiger charge is -2.10. The predicted molar refractivity (Wildman–Crippen MR) is 102 cm³/mol. The molecule has 0 atom stereocenters. The highest BCUT2D eigenvalue weighted by atomic mass is 32.1. The first kappa shape index (κ1) is 16.0. The molecule has 0 unspecified atom stereocenters. The molecule has 120 valence electrons. The van der Waals surface area contributed by atoms with E-state index in [2.05, 4.69) is 54.7 Å². The van der Waals surface area contributed by atoms with Crippen LogP contribution in [0.3, 0.4) is 0 Å². The zero-order valence-electron chi connectivity index (χ0n) is 13.7. The van der Waals surface area contributed by atoms with E-state index in [1.54, 1.807) is 11.3 Å². The molecule has 0 spiro atoms. The van der Waals surface area contributed by atoms with Crippen molar-refractivity contribution in [3.05, 3.63) is 48.5 Å². The maximum Gasteiger partial charge on any atom is 0.126 e. The van der Waals surface area contributed by atoms with Gasteiger partial charge < -0.3 is 5.32 Å². The fourth-order valence-electron chi connectivity index (χ4n) is 2.76. The summed E-state index contributed by atoms with van der Waals surface area (Å²) in [5.41, 5.74) is 3.49. The fourth-order valence-corrected chi connectivity index (χ4v) is 3.77. The van der Waals surface area contributed by atoms with Crippen molar-refractivity contribution in [1.29, 1.82) is 0 Å². The molecular weight excluding hydrogens is 300 g/mol. The van der Waals surface area contributed by atoms with Gasteiger partial charge in [-0.3, -0.25) is 0 Å². The van der Waals surface area contributed by atoms with E-state index in [1.165, 1.54) is 48.1 Å². The zero-order chi connectivity index (χ0) is 15.9. The lowest BCUT2D eigenvalue weighted by atomic mass is 10.1. The quantitative estimate of drug-likeness (QED) is 0.489. The lowest BCUT2D eigenvalue weighted by molar-refractivity contribution is 0.645. The maximum atomic E-state index is 4.79. The molecular formula is C20H24N2S. The van der Waals surface area contributed by atoms with Gasteiger partial charge in [0.1, 0.15) is 5.01 Å². The van der Waals surface area contributed by atoms with E-state index in [1.807, 2.05) is 6.07 Å². The number of nitrogens with one attached hydrogen (secondary N) is 1. The summed E-state index contributed by atoms with van der Waals surface area (Å²) in [4.78, 5) is 4.79. The summed E-state index contributed by atoms with van der Waals surface area (Å²) < 4.78 is 1.25. The van der Waals surface area contributed by atoms with Crippen LogP contribution in [0.5, 0.6) is 0 Å². The number of rotatable bonds is 8. The summed E-state index contributed by atoms with van der Waals surface area (Å²) in [6.07, 6.45) is 6.53. The van der Waals surface area contributed by atoms with Crippen LogP contribution in [0.4, 0.5) is 5.69 Å². The van der Waals surface area contributed by atoms with E-state index < -0.39 is 0 Å². The van der Waals surface area contributed by atoms with Gasteiger partial charge in [-0.1, -0.05) is 56.9 Å². The highest BCUT2D eigenvalue weighted by Gasteiger charge is 2.09. The molecule has 0 fully saturated rings. The standard InChI is InChI=1S/C20H24N2S/c1-2-3-4-5-10-15-21-17-12-7-6-11-16(17)20-22-18-13-8-9-14-19(18)23-20/h6-9,11-14,21H,2-5,10,15H2,1H3. The third-order valence-electron chi connectivity index (χ3n) is 4.05. The number of hydrogen-bond acceptors (Lipinski definition) is 3. The lowest BCUT2D eigenvalue weighted by Crippen LogP contribution is -2.02. The van der Waals surface area contributed by atoms with Crippen molar-refractivity contribution in [2.45, 2.75) is 39.0 Å². The molecule has 1 heterocycles. The highest BCUT2D eigenvalue weighted by molar-refractivity contribution is 7.21. The molecule has 3 heteroatoms. The average Bonchev–Trinajstić information content (AvgIpc) is 3.02. The van der Waals surface area contributed by atoms with Crippen molar-refractivity contribution in [2.75, 3.05) is 11.9 Å². The number of unbranched alkanes of at least 4 members (excludes halogenated alkanes) is 4. The zero-order valence-corrected chi connectivity index (χ0v) is 14.5.